The summed E-state index contributed by atoms with van der Waals surface area (Å²) in [5.41, 5.74) is 3.99. The quantitative estimate of drug-likeness (QED) is 0.216. The molecule has 0 atom stereocenters. The smallest absolute Gasteiger partial charge is 0.329 e. The molecule has 0 aliphatic carbocycles. The lowest BCUT2D eigenvalue weighted by Gasteiger charge is -2.13. The van der Waals surface area contributed by atoms with Crippen LogP contribution in [-0.2, 0) is 17.9 Å². The number of ether oxygens (including phenoxy) is 2. The second kappa shape index (κ2) is 10.7. The van der Waals surface area contributed by atoms with Gasteiger partial charge in [-0.05, 0) is 83.5 Å². The zero-order valence-corrected chi connectivity index (χ0v) is 21.2. The molecule has 34 heavy (non-hydrogen) atoms. The van der Waals surface area contributed by atoms with Gasteiger partial charge in [0.15, 0.2) is 11.5 Å². The minimum atomic E-state index is -0.430. The molecule has 1 aliphatic rings. The molecule has 4 rings (SSSR count). The summed E-state index contributed by atoms with van der Waals surface area (Å²) in [5, 5.41) is 2.68. The van der Waals surface area contributed by atoms with Gasteiger partial charge in [-0.3, -0.25) is 9.69 Å². The van der Waals surface area contributed by atoms with Crippen molar-refractivity contribution in [1.82, 2.24) is 10.2 Å². The topological polar surface area (TPSA) is 67.9 Å². The maximum absolute atomic E-state index is 12.9. The van der Waals surface area contributed by atoms with Crippen molar-refractivity contribution in [3.8, 4) is 11.5 Å². The zero-order valence-electron chi connectivity index (χ0n) is 19.0. The Morgan fingerprint density at radius 1 is 0.941 bits per heavy atom. The molecule has 1 fully saturated rings. The van der Waals surface area contributed by atoms with Crippen molar-refractivity contribution in [2.45, 2.75) is 27.0 Å². The Bertz CT molecular complexity index is 1240. The Labute approximate surface area is 212 Å². The third kappa shape index (κ3) is 5.77. The normalized spacial score (nSPS) is 14.4. The van der Waals surface area contributed by atoms with Crippen molar-refractivity contribution in [3.63, 3.8) is 0 Å². The van der Waals surface area contributed by atoms with Crippen LogP contribution in [0.1, 0.15) is 29.2 Å². The Morgan fingerprint density at radius 2 is 1.74 bits per heavy atom. The summed E-state index contributed by atoms with van der Waals surface area (Å²) in [4.78, 5) is 26.5. The fourth-order valence-corrected chi connectivity index (χ4v) is 3.98. The van der Waals surface area contributed by atoms with E-state index in [-0.39, 0.29) is 18.1 Å². The lowest BCUT2D eigenvalue weighted by molar-refractivity contribution is -0.123. The summed E-state index contributed by atoms with van der Waals surface area (Å²) >= 11 is 2.27. The highest BCUT2D eigenvalue weighted by Gasteiger charge is 2.33. The second-order valence-electron chi connectivity index (χ2n) is 7.92. The third-order valence-electron chi connectivity index (χ3n) is 5.27. The van der Waals surface area contributed by atoms with Gasteiger partial charge < -0.3 is 14.8 Å². The summed E-state index contributed by atoms with van der Waals surface area (Å²) in [5.74, 6) is 0.838. The van der Waals surface area contributed by atoms with Gasteiger partial charge in [-0.15, -0.1) is 0 Å². The van der Waals surface area contributed by atoms with Crippen molar-refractivity contribution < 1.29 is 19.1 Å². The molecular weight excluding hydrogens is 543 g/mol. The van der Waals surface area contributed by atoms with Gasteiger partial charge in [-0.2, -0.15) is 0 Å². The molecular formula is C27H25IN2O4. The molecule has 3 aromatic rings. The largest absolute Gasteiger partial charge is 0.490 e. The molecule has 6 nitrogen and oxygen atoms in total. The van der Waals surface area contributed by atoms with Gasteiger partial charge in [0, 0.05) is 3.57 Å². The van der Waals surface area contributed by atoms with E-state index >= 15 is 0 Å². The van der Waals surface area contributed by atoms with E-state index in [9.17, 15) is 9.59 Å². The number of urea groups is 1. The lowest BCUT2D eigenvalue weighted by atomic mass is 10.1. The second-order valence-corrected chi connectivity index (χ2v) is 9.17. The van der Waals surface area contributed by atoms with Crippen LogP contribution in [0.4, 0.5) is 4.79 Å². The van der Waals surface area contributed by atoms with E-state index in [1.54, 1.807) is 6.08 Å². The van der Waals surface area contributed by atoms with E-state index in [0.717, 1.165) is 22.3 Å². The Hall–Kier alpha value is -3.33. The van der Waals surface area contributed by atoms with Crippen LogP contribution in [-0.4, -0.2) is 23.4 Å². The molecule has 0 radical (unpaired) electrons. The summed E-state index contributed by atoms with van der Waals surface area (Å²) < 4.78 is 12.9. The average molecular weight is 568 g/mol. The SMILES string of the molecule is CCOc1cc(/C=C2/NC(=O)N(Cc3cccc(C)c3)C2=O)ccc1OCc1ccc(I)cc1. The number of hydrogen-bond acceptors (Lipinski definition) is 4. The number of halogens is 1. The van der Waals surface area contributed by atoms with E-state index < -0.39 is 6.03 Å². The highest BCUT2D eigenvalue weighted by atomic mass is 127. The molecule has 1 saturated heterocycles. The van der Waals surface area contributed by atoms with Crippen LogP contribution in [0.5, 0.6) is 11.5 Å². The van der Waals surface area contributed by atoms with Crippen LogP contribution in [0, 0.1) is 10.5 Å². The zero-order chi connectivity index (χ0) is 24.1. The number of imide groups is 1. The molecule has 174 valence electrons. The van der Waals surface area contributed by atoms with E-state index in [1.165, 1.54) is 8.47 Å². The monoisotopic (exact) mass is 568 g/mol. The lowest BCUT2D eigenvalue weighted by Crippen LogP contribution is -2.30. The van der Waals surface area contributed by atoms with Gasteiger partial charge in [0.1, 0.15) is 12.3 Å². The number of nitrogens with one attached hydrogen (secondary N) is 1. The van der Waals surface area contributed by atoms with Crippen molar-refractivity contribution >= 4 is 40.6 Å². The Kier molecular flexibility index (Phi) is 7.52. The van der Waals surface area contributed by atoms with Crippen molar-refractivity contribution in [3.05, 3.63) is 98.3 Å². The fourth-order valence-electron chi connectivity index (χ4n) is 3.62. The van der Waals surface area contributed by atoms with Crippen LogP contribution < -0.4 is 14.8 Å². The van der Waals surface area contributed by atoms with E-state index in [1.807, 2.05) is 80.6 Å². The first-order chi connectivity index (χ1) is 16.4. The Morgan fingerprint density at radius 3 is 2.47 bits per heavy atom. The van der Waals surface area contributed by atoms with Gasteiger partial charge in [0.05, 0.1) is 13.2 Å². The molecule has 0 aromatic heterocycles. The van der Waals surface area contributed by atoms with Crippen LogP contribution in [0.3, 0.4) is 0 Å². The molecule has 0 spiro atoms. The molecule has 0 unspecified atom stereocenters. The highest BCUT2D eigenvalue weighted by molar-refractivity contribution is 14.1. The van der Waals surface area contributed by atoms with Gasteiger partial charge in [-0.1, -0.05) is 48.0 Å². The standard InChI is InChI=1S/C27H25IN2O4/c1-3-33-25-15-20(9-12-24(25)34-17-19-7-10-22(28)11-8-19)14-23-26(31)30(27(32)29-23)16-21-6-4-5-18(2)13-21/h4-15H,3,16-17H2,1-2H3,(H,29,32)/b23-14+. The van der Waals surface area contributed by atoms with Crippen molar-refractivity contribution in [2.24, 2.45) is 0 Å². The first-order valence-corrected chi connectivity index (χ1v) is 12.0. The minimum absolute atomic E-state index is 0.221. The summed E-state index contributed by atoms with van der Waals surface area (Å²) in [6.45, 7) is 4.99. The first-order valence-electron chi connectivity index (χ1n) is 11.0. The van der Waals surface area contributed by atoms with Crippen molar-refractivity contribution in [1.29, 1.82) is 0 Å². The fraction of sp³-hybridized carbons (Fsp3) is 0.185. The maximum Gasteiger partial charge on any atom is 0.329 e. The summed E-state index contributed by atoms with van der Waals surface area (Å²) in [6.07, 6.45) is 1.65. The molecule has 0 bridgehead atoms. The molecule has 1 N–H and O–H groups in total. The molecule has 1 aliphatic heterocycles. The van der Waals surface area contributed by atoms with Crippen LogP contribution >= 0.6 is 22.6 Å². The minimum Gasteiger partial charge on any atom is -0.490 e. The number of amides is 3. The van der Waals surface area contributed by atoms with Gasteiger partial charge in [0.25, 0.3) is 5.91 Å². The van der Waals surface area contributed by atoms with Gasteiger partial charge in [0.2, 0.25) is 0 Å². The summed E-state index contributed by atoms with van der Waals surface area (Å²) in [6, 6.07) is 20.9. The molecule has 3 amide bonds. The van der Waals surface area contributed by atoms with E-state index in [0.29, 0.717) is 24.7 Å². The highest BCUT2D eigenvalue weighted by Crippen LogP contribution is 2.30. The van der Waals surface area contributed by atoms with Crippen LogP contribution in [0.2, 0.25) is 0 Å². The van der Waals surface area contributed by atoms with Gasteiger partial charge >= 0.3 is 6.03 Å². The number of aryl methyl sites for hydroxylation is 1. The number of carbonyl (C=O) groups excluding carboxylic acids is 2. The average Bonchev–Trinajstić information content (AvgIpc) is 3.07. The number of carbonyl (C=O) groups is 2. The predicted octanol–water partition coefficient (Wildman–Crippen LogP) is 5.67. The molecule has 7 heteroatoms. The molecule has 3 aromatic carbocycles. The molecule has 1 heterocycles. The summed E-state index contributed by atoms with van der Waals surface area (Å²) in [7, 11) is 0. The Balaban J connectivity index is 1.50. The number of rotatable bonds is 8. The first kappa shape index (κ1) is 23.8. The van der Waals surface area contributed by atoms with Crippen LogP contribution in [0.25, 0.3) is 6.08 Å². The van der Waals surface area contributed by atoms with Crippen LogP contribution in [0.15, 0.2) is 72.4 Å². The van der Waals surface area contributed by atoms with Gasteiger partial charge in [-0.25, -0.2) is 4.79 Å². The number of hydrogen-bond donors (Lipinski definition) is 1. The van der Waals surface area contributed by atoms with E-state index in [4.69, 9.17) is 9.47 Å². The predicted molar refractivity (Wildman–Crippen MR) is 139 cm³/mol. The third-order valence-corrected chi connectivity index (χ3v) is 5.99. The van der Waals surface area contributed by atoms with Crippen molar-refractivity contribution in [2.75, 3.05) is 6.61 Å². The van der Waals surface area contributed by atoms with E-state index in [2.05, 4.69) is 27.9 Å². The molecule has 0 saturated carbocycles. The maximum atomic E-state index is 12.9. The number of nitrogens with zero attached hydrogens (tertiary/aromatic N) is 1. The number of benzene rings is 3.